The Morgan fingerprint density at radius 2 is 1.69 bits per heavy atom. The van der Waals surface area contributed by atoms with E-state index in [-0.39, 0.29) is 18.1 Å². The van der Waals surface area contributed by atoms with Crippen LogP contribution in [0.1, 0.15) is 53.9 Å². The molecule has 0 atom stereocenters. The van der Waals surface area contributed by atoms with Crippen LogP contribution < -0.4 is 5.56 Å². The van der Waals surface area contributed by atoms with Gasteiger partial charge in [-0.2, -0.15) is 0 Å². The van der Waals surface area contributed by atoms with Crippen LogP contribution in [0.25, 0.3) is 11.1 Å². The molecule has 1 aromatic heterocycles. The molecule has 0 amide bonds. The van der Waals surface area contributed by atoms with Crippen LogP contribution >= 0.6 is 0 Å². The van der Waals surface area contributed by atoms with E-state index in [0.29, 0.717) is 41.1 Å². The lowest BCUT2D eigenvalue weighted by molar-refractivity contribution is 0.0597. The Morgan fingerprint density at radius 3 is 2.25 bits per heavy atom. The van der Waals surface area contributed by atoms with Gasteiger partial charge < -0.3 is 14.0 Å². The summed E-state index contributed by atoms with van der Waals surface area (Å²) in [7, 11) is 1.31. The number of carbonyl (C=O) groups is 1. The van der Waals surface area contributed by atoms with Gasteiger partial charge in [-0.05, 0) is 36.1 Å². The molecule has 3 rings (SSSR count). The molecule has 2 aromatic carbocycles. The zero-order valence-electron chi connectivity index (χ0n) is 18.9. The molecular weight excluding hydrogens is 409 g/mol. The van der Waals surface area contributed by atoms with Crippen molar-refractivity contribution in [2.75, 3.05) is 7.11 Å². The van der Waals surface area contributed by atoms with E-state index in [9.17, 15) is 14.0 Å². The summed E-state index contributed by atoms with van der Waals surface area (Å²) in [5.41, 5.74) is 2.99. The van der Waals surface area contributed by atoms with Gasteiger partial charge in [-0.15, -0.1) is 0 Å². The number of benzene rings is 2. The van der Waals surface area contributed by atoms with Gasteiger partial charge in [0.2, 0.25) is 0 Å². The molecule has 0 saturated heterocycles. The Morgan fingerprint density at radius 1 is 1.03 bits per heavy atom. The second-order valence-electron chi connectivity index (χ2n) is 7.79. The van der Waals surface area contributed by atoms with E-state index in [4.69, 9.17) is 9.47 Å². The van der Waals surface area contributed by atoms with Crippen LogP contribution in [0, 0.1) is 5.82 Å². The fourth-order valence-electron chi connectivity index (χ4n) is 3.93. The van der Waals surface area contributed by atoms with Crippen molar-refractivity contribution in [3.05, 3.63) is 93.2 Å². The highest BCUT2D eigenvalue weighted by Crippen LogP contribution is 2.33. The maximum atomic E-state index is 13.6. The summed E-state index contributed by atoms with van der Waals surface area (Å²) in [6.07, 6.45) is 0. The average molecular weight is 438 g/mol. The minimum absolute atomic E-state index is 0.00278. The largest absolute Gasteiger partial charge is 0.465 e. The molecule has 5 nitrogen and oxygen atoms in total. The van der Waals surface area contributed by atoms with Crippen molar-refractivity contribution in [3.63, 3.8) is 0 Å². The van der Waals surface area contributed by atoms with Crippen LogP contribution in [-0.2, 0) is 29.2 Å². The summed E-state index contributed by atoms with van der Waals surface area (Å²) in [5.74, 6) is -1.06. The molecule has 0 aliphatic heterocycles. The molecule has 0 aliphatic rings. The Bertz CT molecular complexity index is 1140. The molecule has 0 unspecified atom stereocenters. The summed E-state index contributed by atoms with van der Waals surface area (Å²) < 4.78 is 26.3. The summed E-state index contributed by atoms with van der Waals surface area (Å²) in [6.45, 7) is 6.42. The van der Waals surface area contributed by atoms with E-state index in [0.717, 1.165) is 5.56 Å². The van der Waals surface area contributed by atoms with Crippen LogP contribution in [0.15, 0.2) is 59.4 Å². The number of ether oxygens (including phenoxy) is 2. The first-order valence-electron chi connectivity index (χ1n) is 10.6. The third kappa shape index (κ3) is 4.81. The molecule has 3 aromatic rings. The van der Waals surface area contributed by atoms with Crippen LogP contribution in [-0.4, -0.2) is 17.6 Å². The van der Waals surface area contributed by atoms with Crippen molar-refractivity contribution >= 4 is 5.97 Å². The smallest absolute Gasteiger partial charge is 0.340 e. The van der Waals surface area contributed by atoms with E-state index in [1.165, 1.54) is 19.2 Å². The maximum absolute atomic E-state index is 13.6. The fraction of sp³-hybridized carbons (Fsp3) is 0.308. The Hall–Kier alpha value is -3.25. The lowest BCUT2D eigenvalue weighted by Gasteiger charge is -2.24. The van der Waals surface area contributed by atoms with Gasteiger partial charge in [0.15, 0.2) is 0 Å². The van der Waals surface area contributed by atoms with Gasteiger partial charge in [-0.1, -0.05) is 56.3 Å². The van der Waals surface area contributed by atoms with Gasteiger partial charge in [0.05, 0.1) is 31.5 Å². The van der Waals surface area contributed by atoms with Gasteiger partial charge in [-0.3, -0.25) is 4.79 Å². The van der Waals surface area contributed by atoms with Gasteiger partial charge in [0.25, 0.3) is 5.56 Å². The molecule has 0 spiro atoms. The normalized spacial score (nSPS) is 11.1. The van der Waals surface area contributed by atoms with E-state index >= 15 is 0 Å². The molecule has 0 bridgehead atoms. The number of nitrogens with zero attached hydrogens (tertiary/aromatic N) is 1. The highest BCUT2D eigenvalue weighted by atomic mass is 19.1. The van der Waals surface area contributed by atoms with Crippen LogP contribution in [0.3, 0.4) is 0 Å². The minimum Gasteiger partial charge on any atom is -0.465 e. The highest BCUT2D eigenvalue weighted by Gasteiger charge is 2.28. The molecule has 1 heterocycles. The van der Waals surface area contributed by atoms with Gasteiger partial charge in [0.1, 0.15) is 5.82 Å². The van der Waals surface area contributed by atoms with Crippen LogP contribution in [0.5, 0.6) is 0 Å². The second kappa shape index (κ2) is 10.4. The number of methoxy groups -OCH3 is 1. The van der Waals surface area contributed by atoms with E-state index in [1.807, 2.05) is 51.1 Å². The summed E-state index contributed by atoms with van der Waals surface area (Å²) in [6, 6.07) is 15.4. The second-order valence-corrected chi connectivity index (χ2v) is 7.79. The Balaban J connectivity index is 2.23. The van der Waals surface area contributed by atoms with Crippen molar-refractivity contribution in [2.45, 2.75) is 46.4 Å². The molecule has 0 aliphatic carbocycles. The first-order chi connectivity index (χ1) is 15.4. The van der Waals surface area contributed by atoms with Crippen LogP contribution in [0.2, 0.25) is 0 Å². The zero-order valence-corrected chi connectivity index (χ0v) is 18.9. The topological polar surface area (TPSA) is 57.5 Å². The lowest BCUT2D eigenvalue weighted by atomic mass is 9.90. The highest BCUT2D eigenvalue weighted by molar-refractivity contribution is 5.99. The number of halogens is 1. The number of aromatic nitrogens is 1. The van der Waals surface area contributed by atoms with Crippen molar-refractivity contribution in [1.82, 2.24) is 4.57 Å². The maximum Gasteiger partial charge on any atom is 0.340 e. The summed E-state index contributed by atoms with van der Waals surface area (Å²) >= 11 is 0. The van der Waals surface area contributed by atoms with E-state index < -0.39 is 11.8 Å². The van der Waals surface area contributed by atoms with Crippen molar-refractivity contribution in [2.24, 2.45) is 0 Å². The molecule has 168 valence electrons. The van der Waals surface area contributed by atoms with E-state index in [1.54, 1.807) is 16.7 Å². The predicted molar refractivity (Wildman–Crippen MR) is 122 cm³/mol. The summed E-state index contributed by atoms with van der Waals surface area (Å²) in [4.78, 5) is 26.5. The average Bonchev–Trinajstić information content (AvgIpc) is 2.80. The predicted octanol–water partition coefficient (Wildman–Crippen LogP) is 5.30. The number of esters is 1. The number of pyridine rings is 1. The lowest BCUT2D eigenvalue weighted by Crippen LogP contribution is -2.31. The SMILES string of the molecule is CCn1c(C(C)C)c(C(=O)OC)c(-c2ccc(F)cc2)c(COCc2ccccc2)c1=O. The Labute approximate surface area is 187 Å². The monoisotopic (exact) mass is 437 g/mol. The molecule has 0 radical (unpaired) electrons. The molecule has 32 heavy (non-hydrogen) atoms. The third-order valence-corrected chi connectivity index (χ3v) is 5.35. The number of rotatable bonds is 8. The van der Waals surface area contributed by atoms with Crippen molar-refractivity contribution < 1.29 is 18.7 Å². The fourth-order valence-corrected chi connectivity index (χ4v) is 3.93. The molecule has 0 saturated carbocycles. The number of hydrogen-bond donors (Lipinski definition) is 0. The van der Waals surface area contributed by atoms with Gasteiger partial charge in [0, 0.05) is 17.8 Å². The van der Waals surface area contributed by atoms with Crippen LogP contribution in [0.4, 0.5) is 4.39 Å². The van der Waals surface area contributed by atoms with Crippen molar-refractivity contribution in [3.8, 4) is 11.1 Å². The van der Waals surface area contributed by atoms with Crippen molar-refractivity contribution in [1.29, 1.82) is 0 Å². The minimum atomic E-state index is -0.542. The first-order valence-corrected chi connectivity index (χ1v) is 10.6. The molecule has 0 fully saturated rings. The molecule has 0 N–H and O–H groups in total. The van der Waals surface area contributed by atoms with E-state index in [2.05, 4.69) is 0 Å². The molecule has 6 heteroatoms. The standard InChI is InChI=1S/C26H28FNO4/c1-5-28-24(17(2)3)23(26(30)31-4)22(19-11-13-20(27)14-12-19)21(25(28)29)16-32-15-18-9-7-6-8-10-18/h6-14,17H,5,15-16H2,1-4H3. The number of carbonyl (C=O) groups excluding carboxylic acids is 1. The quantitative estimate of drug-likeness (QED) is 0.449. The number of hydrogen-bond acceptors (Lipinski definition) is 4. The van der Waals surface area contributed by atoms with Gasteiger partial charge in [-0.25, -0.2) is 9.18 Å². The first kappa shape index (κ1) is 23.4. The zero-order chi connectivity index (χ0) is 23.3. The third-order valence-electron chi connectivity index (χ3n) is 5.35. The van der Waals surface area contributed by atoms with Gasteiger partial charge >= 0.3 is 5.97 Å². The molecular formula is C26H28FNO4. The summed E-state index contributed by atoms with van der Waals surface area (Å²) in [5, 5.41) is 0. The Kier molecular flexibility index (Phi) is 7.59.